The first-order valence-electron chi connectivity index (χ1n) is 5.71. The second kappa shape index (κ2) is 7.33. The third-order valence-electron chi connectivity index (χ3n) is 2.41. The molecule has 1 aromatic carbocycles. The minimum Gasteiger partial charge on any atom is -0.393 e. The van der Waals surface area contributed by atoms with Crippen LogP contribution in [0.5, 0.6) is 0 Å². The zero-order chi connectivity index (χ0) is 13.5. The van der Waals surface area contributed by atoms with Crippen LogP contribution in [0.2, 0.25) is 0 Å². The van der Waals surface area contributed by atoms with Crippen LogP contribution in [-0.4, -0.2) is 23.8 Å². The molecule has 0 saturated carbocycles. The molecule has 18 heavy (non-hydrogen) atoms. The highest BCUT2D eigenvalue weighted by Crippen LogP contribution is 2.19. The zero-order valence-corrected chi connectivity index (χ0v) is 11.6. The summed E-state index contributed by atoms with van der Waals surface area (Å²) in [7, 11) is 0. The number of rotatable bonds is 5. The molecule has 0 aromatic heterocycles. The third-order valence-corrected chi connectivity index (χ3v) is 2.90. The molecule has 0 aliphatic carbocycles. The summed E-state index contributed by atoms with van der Waals surface area (Å²) in [5.41, 5.74) is 0.109. The van der Waals surface area contributed by atoms with Crippen LogP contribution in [0, 0.1) is 5.82 Å². The standard InChI is InChI=1S/C12H16BrFN2O2/c1-2-9(17)5-6-15-12(18)16-11-7-8(13)3-4-10(11)14/h3-4,7,9,17H,2,5-6H2,1H3,(H2,15,16,18). The van der Waals surface area contributed by atoms with Crippen LogP contribution in [0.1, 0.15) is 19.8 Å². The van der Waals surface area contributed by atoms with E-state index < -0.39 is 18.0 Å². The minimum atomic E-state index is -0.498. The van der Waals surface area contributed by atoms with Gasteiger partial charge in [0, 0.05) is 11.0 Å². The fourth-order valence-corrected chi connectivity index (χ4v) is 1.68. The largest absolute Gasteiger partial charge is 0.393 e. The first-order chi connectivity index (χ1) is 8.52. The molecular formula is C12H16BrFN2O2. The molecule has 0 fully saturated rings. The number of hydrogen-bond acceptors (Lipinski definition) is 2. The Kier molecular flexibility index (Phi) is 6.07. The maximum absolute atomic E-state index is 13.3. The second-order valence-electron chi connectivity index (χ2n) is 3.86. The van der Waals surface area contributed by atoms with Gasteiger partial charge in [-0.15, -0.1) is 0 Å². The summed E-state index contributed by atoms with van der Waals surface area (Å²) in [5, 5.41) is 14.3. The van der Waals surface area contributed by atoms with Gasteiger partial charge >= 0.3 is 6.03 Å². The van der Waals surface area contributed by atoms with Crippen LogP contribution in [0.4, 0.5) is 14.9 Å². The molecule has 0 saturated heterocycles. The molecule has 0 radical (unpaired) electrons. The topological polar surface area (TPSA) is 61.4 Å². The number of carbonyl (C=O) groups is 1. The summed E-state index contributed by atoms with van der Waals surface area (Å²) in [6.45, 7) is 2.21. The van der Waals surface area contributed by atoms with E-state index >= 15 is 0 Å². The van der Waals surface area contributed by atoms with Crippen molar-refractivity contribution in [2.75, 3.05) is 11.9 Å². The van der Waals surface area contributed by atoms with Gasteiger partial charge in [0.15, 0.2) is 0 Å². The van der Waals surface area contributed by atoms with Crippen LogP contribution < -0.4 is 10.6 Å². The van der Waals surface area contributed by atoms with Crippen LogP contribution in [-0.2, 0) is 0 Å². The number of halogens is 2. The number of amides is 2. The number of urea groups is 1. The molecule has 1 unspecified atom stereocenters. The van der Waals surface area contributed by atoms with Gasteiger partial charge in [0.25, 0.3) is 0 Å². The lowest BCUT2D eigenvalue weighted by Crippen LogP contribution is -2.31. The summed E-state index contributed by atoms with van der Waals surface area (Å²) in [4.78, 5) is 11.5. The second-order valence-corrected chi connectivity index (χ2v) is 4.77. The van der Waals surface area contributed by atoms with Crippen LogP contribution in [0.3, 0.4) is 0 Å². The number of benzene rings is 1. The normalized spacial score (nSPS) is 12.0. The average Bonchev–Trinajstić information content (AvgIpc) is 2.33. The molecule has 1 atom stereocenters. The fraction of sp³-hybridized carbons (Fsp3) is 0.417. The summed E-state index contributed by atoms with van der Waals surface area (Å²) in [5.74, 6) is -0.498. The molecule has 0 aliphatic rings. The quantitative estimate of drug-likeness (QED) is 0.781. The first-order valence-corrected chi connectivity index (χ1v) is 6.50. The van der Waals surface area contributed by atoms with E-state index in [1.165, 1.54) is 12.1 Å². The Morgan fingerprint density at radius 2 is 2.28 bits per heavy atom. The Morgan fingerprint density at radius 1 is 1.56 bits per heavy atom. The molecule has 1 rings (SSSR count). The van der Waals surface area contributed by atoms with Gasteiger partial charge in [0.2, 0.25) is 0 Å². The molecule has 2 amide bonds. The average molecular weight is 319 g/mol. The van der Waals surface area contributed by atoms with E-state index in [0.29, 0.717) is 23.9 Å². The van der Waals surface area contributed by atoms with Crippen molar-refractivity contribution in [1.82, 2.24) is 5.32 Å². The number of carbonyl (C=O) groups excluding carboxylic acids is 1. The number of nitrogens with one attached hydrogen (secondary N) is 2. The maximum atomic E-state index is 13.3. The van der Waals surface area contributed by atoms with E-state index in [9.17, 15) is 14.3 Å². The predicted octanol–water partition coefficient (Wildman–Crippen LogP) is 2.87. The fourth-order valence-electron chi connectivity index (χ4n) is 1.32. The Morgan fingerprint density at radius 3 is 2.94 bits per heavy atom. The molecule has 0 aliphatic heterocycles. The van der Waals surface area contributed by atoms with E-state index in [0.717, 1.165) is 0 Å². The third kappa shape index (κ3) is 5.01. The van der Waals surface area contributed by atoms with E-state index in [-0.39, 0.29) is 5.69 Å². The highest BCUT2D eigenvalue weighted by molar-refractivity contribution is 9.10. The Labute approximate surface area is 114 Å². The number of aliphatic hydroxyl groups excluding tert-OH is 1. The van der Waals surface area contributed by atoms with Crippen LogP contribution in [0.15, 0.2) is 22.7 Å². The van der Waals surface area contributed by atoms with Gasteiger partial charge in [0.05, 0.1) is 11.8 Å². The molecule has 0 bridgehead atoms. The molecule has 6 heteroatoms. The van der Waals surface area contributed by atoms with Gasteiger partial charge in [-0.05, 0) is 31.0 Å². The van der Waals surface area contributed by atoms with Gasteiger partial charge in [-0.3, -0.25) is 0 Å². The minimum absolute atomic E-state index is 0.109. The van der Waals surface area contributed by atoms with Gasteiger partial charge < -0.3 is 15.7 Å². The lowest BCUT2D eigenvalue weighted by Gasteiger charge is -2.10. The van der Waals surface area contributed by atoms with Crippen molar-refractivity contribution in [3.8, 4) is 0 Å². The summed E-state index contributed by atoms with van der Waals surface area (Å²) in [6, 6.07) is 3.81. The van der Waals surface area contributed by atoms with E-state index in [4.69, 9.17) is 0 Å². The maximum Gasteiger partial charge on any atom is 0.319 e. The van der Waals surface area contributed by atoms with Gasteiger partial charge in [-0.1, -0.05) is 22.9 Å². The monoisotopic (exact) mass is 318 g/mol. The van der Waals surface area contributed by atoms with Crippen LogP contribution in [0.25, 0.3) is 0 Å². The Bertz CT molecular complexity index is 415. The van der Waals surface area contributed by atoms with Crippen LogP contribution >= 0.6 is 15.9 Å². The van der Waals surface area contributed by atoms with E-state index in [1.807, 2.05) is 6.92 Å². The highest BCUT2D eigenvalue weighted by atomic mass is 79.9. The molecule has 0 spiro atoms. The number of hydrogen-bond donors (Lipinski definition) is 3. The molecule has 3 N–H and O–H groups in total. The van der Waals surface area contributed by atoms with Crippen molar-refractivity contribution in [2.45, 2.75) is 25.9 Å². The first kappa shape index (κ1) is 14.9. The van der Waals surface area contributed by atoms with E-state index in [2.05, 4.69) is 26.6 Å². The van der Waals surface area contributed by atoms with Crippen molar-refractivity contribution in [1.29, 1.82) is 0 Å². The SMILES string of the molecule is CCC(O)CCNC(=O)Nc1cc(Br)ccc1F. The van der Waals surface area contributed by atoms with Gasteiger partial charge in [0.1, 0.15) is 5.82 Å². The molecule has 4 nitrogen and oxygen atoms in total. The predicted molar refractivity (Wildman–Crippen MR) is 72.0 cm³/mol. The van der Waals surface area contributed by atoms with Crippen molar-refractivity contribution in [3.05, 3.63) is 28.5 Å². The highest BCUT2D eigenvalue weighted by Gasteiger charge is 2.07. The van der Waals surface area contributed by atoms with E-state index in [1.54, 1.807) is 6.07 Å². The molecule has 1 aromatic rings. The van der Waals surface area contributed by atoms with Crippen molar-refractivity contribution in [2.24, 2.45) is 0 Å². The van der Waals surface area contributed by atoms with Gasteiger partial charge in [-0.25, -0.2) is 9.18 Å². The summed E-state index contributed by atoms with van der Waals surface area (Å²) in [6.07, 6.45) is 0.696. The lowest BCUT2D eigenvalue weighted by molar-refractivity contribution is 0.160. The Balaban J connectivity index is 2.42. The lowest BCUT2D eigenvalue weighted by atomic mass is 10.2. The van der Waals surface area contributed by atoms with Crippen molar-refractivity contribution in [3.63, 3.8) is 0 Å². The van der Waals surface area contributed by atoms with Crippen molar-refractivity contribution >= 4 is 27.6 Å². The number of aliphatic hydroxyl groups is 1. The summed E-state index contributed by atoms with van der Waals surface area (Å²) >= 11 is 3.20. The molecular weight excluding hydrogens is 303 g/mol. The van der Waals surface area contributed by atoms with Gasteiger partial charge in [-0.2, -0.15) is 0 Å². The molecule has 0 heterocycles. The van der Waals surface area contributed by atoms with Crippen molar-refractivity contribution < 1.29 is 14.3 Å². The zero-order valence-electron chi connectivity index (χ0n) is 10.0. The number of anilines is 1. The molecule has 100 valence electrons. The summed E-state index contributed by atoms with van der Waals surface area (Å²) < 4.78 is 14.0. The smallest absolute Gasteiger partial charge is 0.319 e. The Hall–Kier alpha value is -1.14.